The van der Waals surface area contributed by atoms with Gasteiger partial charge in [0.15, 0.2) is 0 Å². The summed E-state index contributed by atoms with van der Waals surface area (Å²) in [6.07, 6.45) is 1.70. The molecule has 2 rings (SSSR count). The second-order valence-electron chi connectivity index (χ2n) is 1.96. The molecule has 1 aromatic heterocycles. The standard InChI is InChI=1S/C7H5BO.Pb/c1-2-4-7-6(3-1)8-5-9-7;/h1-5H;. The molecule has 0 aliphatic rings. The molecule has 0 N–H and O–H groups in total. The first-order chi connectivity index (χ1) is 4.47. The summed E-state index contributed by atoms with van der Waals surface area (Å²) in [7, 11) is 0. The normalized spacial score (nSPS) is 8.80. The molecule has 0 spiro atoms. The van der Waals surface area contributed by atoms with E-state index in [2.05, 4.69) is 0 Å². The monoisotopic (exact) mass is 324 g/mol. The predicted octanol–water partition coefficient (Wildman–Crippen LogP) is 1.39. The van der Waals surface area contributed by atoms with Crippen LogP contribution in [0.25, 0.3) is 10.9 Å². The number of fused-ring (bicyclic) bond motifs is 1. The third-order valence-corrected chi connectivity index (χ3v) is 1.36. The first-order valence-corrected chi connectivity index (χ1v) is 2.89. The minimum absolute atomic E-state index is 0. The summed E-state index contributed by atoms with van der Waals surface area (Å²) in [6, 6.07) is 7.94. The molecule has 0 aliphatic heterocycles. The van der Waals surface area contributed by atoms with Gasteiger partial charge in [-0.25, -0.2) is 0 Å². The Morgan fingerprint density at radius 3 is 2.80 bits per heavy atom. The van der Waals surface area contributed by atoms with Crippen molar-refractivity contribution in [2.75, 3.05) is 0 Å². The molecule has 4 radical (unpaired) electrons. The van der Waals surface area contributed by atoms with Gasteiger partial charge in [-0.15, -0.1) is 0 Å². The first kappa shape index (κ1) is 7.98. The first-order valence-electron chi connectivity index (χ1n) is 2.89. The van der Waals surface area contributed by atoms with E-state index in [4.69, 9.17) is 4.42 Å². The predicted molar refractivity (Wildman–Crippen MR) is 43.3 cm³/mol. The Balaban J connectivity index is 0.000000500. The maximum atomic E-state index is 5.12. The molecule has 10 heavy (non-hydrogen) atoms. The Labute approximate surface area is 79.8 Å². The van der Waals surface area contributed by atoms with Crippen LogP contribution in [0.3, 0.4) is 0 Å². The molecule has 0 saturated heterocycles. The van der Waals surface area contributed by atoms with Crippen LogP contribution in [0.2, 0.25) is 0 Å². The summed E-state index contributed by atoms with van der Waals surface area (Å²) in [5, 5.41) is 1.16. The number of hydrogen-bond acceptors (Lipinski definition) is 1. The van der Waals surface area contributed by atoms with Crippen LogP contribution in [0.15, 0.2) is 34.8 Å². The van der Waals surface area contributed by atoms with Crippen molar-refractivity contribution in [3.63, 3.8) is 0 Å². The molecule has 0 atom stereocenters. The van der Waals surface area contributed by atoms with Crippen molar-refractivity contribution in [3.05, 3.63) is 30.4 Å². The van der Waals surface area contributed by atoms with Crippen LogP contribution in [-0.2, 0) is 0 Å². The van der Waals surface area contributed by atoms with Crippen molar-refractivity contribution in [2.45, 2.75) is 0 Å². The Hall–Kier alpha value is -0.123. The van der Waals surface area contributed by atoms with Crippen LogP contribution in [0, 0.1) is 0 Å². The fraction of sp³-hybridized carbons (Fsp3) is 0. The summed E-state index contributed by atoms with van der Waals surface area (Å²) in [5.74, 6) is 0. The van der Waals surface area contributed by atoms with Crippen molar-refractivity contribution in [2.24, 2.45) is 0 Å². The molecule has 1 nitrogen and oxygen atoms in total. The molecule has 0 saturated carbocycles. The van der Waals surface area contributed by atoms with Crippen LogP contribution in [0.4, 0.5) is 0 Å². The van der Waals surface area contributed by atoms with Gasteiger partial charge >= 0.3 is 52.6 Å². The van der Waals surface area contributed by atoms with E-state index < -0.39 is 0 Å². The Bertz CT molecular complexity index is 288. The Morgan fingerprint density at radius 1 is 1.20 bits per heavy atom. The fourth-order valence-electron chi connectivity index (χ4n) is 0.906. The van der Waals surface area contributed by atoms with Crippen LogP contribution in [0.5, 0.6) is 0 Å². The van der Waals surface area contributed by atoms with E-state index in [-0.39, 0.29) is 27.3 Å². The average molecular weight is 323 g/mol. The van der Waals surface area contributed by atoms with Crippen LogP contribution >= 0.6 is 0 Å². The zero-order valence-corrected chi connectivity index (χ0v) is 9.26. The molecule has 0 bridgehead atoms. The third kappa shape index (κ3) is 1.31. The van der Waals surface area contributed by atoms with Gasteiger partial charge in [-0.1, -0.05) is 0 Å². The fourth-order valence-corrected chi connectivity index (χ4v) is 0.906. The van der Waals surface area contributed by atoms with E-state index in [1.54, 1.807) is 6.16 Å². The zero-order chi connectivity index (χ0) is 6.10. The molecule has 1 aromatic carbocycles. The van der Waals surface area contributed by atoms with E-state index in [0.717, 1.165) is 10.9 Å². The van der Waals surface area contributed by atoms with Gasteiger partial charge in [0.1, 0.15) is 0 Å². The zero-order valence-electron chi connectivity index (χ0n) is 5.37. The summed E-state index contributed by atoms with van der Waals surface area (Å²) < 4.78 is 5.12. The van der Waals surface area contributed by atoms with Crippen molar-refractivity contribution < 1.29 is 4.42 Å². The molecule has 2 aromatic rings. The van der Waals surface area contributed by atoms with Gasteiger partial charge in [-0.05, 0) is 0 Å². The van der Waals surface area contributed by atoms with Gasteiger partial charge in [-0.2, -0.15) is 0 Å². The number of para-hydroxylation sites is 1. The topological polar surface area (TPSA) is 13.1 Å². The van der Waals surface area contributed by atoms with Gasteiger partial charge in [-0.3, -0.25) is 0 Å². The molecule has 1 heterocycles. The van der Waals surface area contributed by atoms with Gasteiger partial charge in [0.2, 0.25) is 0 Å². The quantitative estimate of drug-likeness (QED) is 0.668. The molecule has 3 heteroatoms. The SMILES string of the molecule is [Pb].b1coc2ccccc12. The van der Waals surface area contributed by atoms with Crippen molar-refractivity contribution in [1.29, 1.82) is 0 Å². The van der Waals surface area contributed by atoms with Gasteiger partial charge in [0.25, 0.3) is 0 Å². The average Bonchev–Trinajstić information content (AvgIpc) is 2.33. The number of hydrogen-bond donors (Lipinski definition) is 0. The Morgan fingerprint density at radius 2 is 2.00 bits per heavy atom. The molecule has 0 fully saturated rings. The van der Waals surface area contributed by atoms with Gasteiger partial charge in [0.05, 0.1) is 0 Å². The number of rotatable bonds is 0. The van der Waals surface area contributed by atoms with Crippen molar-refractivity contribution in [1.82, 2.24) is 0 Å². The summed E-state index contributed by atoms with van der Waals surface area (Å²) in [5.41, 5.74) is 0.956. The maximum absolute atomic E-state index is 5.12. The van der Waals surface area contributed by atoms with Gasteiger partial charge < -0.3 is 0 Å². The summed E-state index contributed by atoms with van der Waals surface area (Å²) >= 11 is 0. The van der Waals surface area contributed by atoms with Crippen molar-refractivity contribution >= 4 is 45.1 Å². The second kappa shape index (κ2) is 3.32. The van der Waals surface area contributed by atoms with Crippen molar-refractivity contribution in [3.8, 4) is 0 Å². The van der Waals surface area contributed by atoms with E-state index in [1.165, 1.54) is 0 Å². The summed E-state index contributed by atoms with van der Waals surface area (Å²) in [4.78, 5) is 0. The summed E-state index contributed by atoms with van der Waals surface area (Å²) in [6.45, 7) is 1.95. The third-order valence-electron chi connectivity index (χ3n) is 1.36. The minimum atomic E-state index is 0. The molecule has 0 aliphatic carbocycles. The molecule has 0 unspecified atom stereocenters. The van der Waals surface area contributed by atoms with E-state index in [9.17, 15) is 0 Å². The van der Waals surface area contributed by atoms with Crippen LogP contribution in [0.1, 0.15) is 0 Å². The van der Waals surface area contributed by atoms with E-state index in [0.29, 0.717) is 0 Å². The molecule has 46 valence electrons. The molecular formula is C7H5BOPb. The van der Waals surface area contributed by atoms with Crippen LogP contribution < -0.4 is 0 Å². The number of benzene rings is 1. The molecule has 0 amide bonds. The Kier molecular flexibility index (Phi) is 2.65. The van der Waals surface area contributed by atoms with E-state index in [1.807, 2.05) is 31.2 Å². The van der Waals surface area contributed by atoms with Crippen LogP contribution in [-0.4, -0.2) is 34.2 Å². The van der Waals surface area contributed by atoms with E-state index >= 15 is 0 Å². The van der Waals surface area contributed by atoms with Gasteiger partial charge in [0, 0.05) is 27.3 Å². The second-order valence-corrected chi connectivity index (χ2v) is 1.96. The molecular weight excluding hydrogens is 318 g/mol.